The van der Waals surface area contributed by atoms with Gasteiger partial charge in [-0.15, -0.1) is 0 Å². The number of hydrogen-bond donors (Lipinski definition) is 1. The molecule has 0 aliphatic rings. The zero-order valence-corrected chi connectivity index (χ0v) is 12.8. The first-order valence-electron chi connectivity index (χ1n) is 6.01. The average Bonchev–Trinajstić information content (AvgIpc) is 2.38. The number of anilines is 1. The third kappa shape index (κ3) is 3.95. The van der Waals surface area contributed by atoms with Crippen molar-refractivity contribution in [3.05, 3.63) is 63.3 Å². The van der Waals surface area contributed by atoms with Gasteiger partial charge in [0.1, 0.15) is 5.82 Å². The molecule has 0 radical (unpaired) electrons. The van der Waals surface area contributed by atoms with Crippen LogP contribution in [0.1, 0.15) is 12.5 Å². The van der Waals surface area contributed by atoms with Gasteiger partial charge in [-0.2, -0.15) is 0 Å². The van der Waals surface area contributed by atoms with Crippen LogP contribution in [0.3, 0.4) is 0 Å². The van der Waals surface area contributed by atoms with Crippen molar-refractivity contribution in [2.45, 2.75) is 19.4 Å². The fraction of sp³-hybridized carbons (Fsp3) is 0.200. The Hall–Kier alpha value is -1.06. The molecule has 0 aliphatic carbocycles. The first-order valence-corrected chi connectivity index (χ1v) is 7.18. The van der Waals surface area contributed by atoms with Gasteiger partial charge in [-0.1, -0.05) is 29.8 Å². The van der Waals surface area contributed by atoms with Crippen molar-refractivity contribution in [3.8, 4) is 0 Å². The van der Waals surface area contributed by atoms with E-state index in [0.29, 0.717) is 5.02 Å². The third-order valence-corrected chi connectivity index (χ3v) is 4.21. The SMILES string of the molecule is CC(Cc1ccc(F)cc1)Nc1cccc(Cl)c1Br. The van der Waals surface area contributed by atoms with Crippen molar-refractivity contribution in [2.24, 2.45) is 0 Å². The highest BCUT2D eigenvalue weighted by molar-refractivity contribution is 9.10. The summed E-state index contributed by atoms with van der Waals surface area (Å²) < 4.78 is 13.7. The van der Waals surface area contributed by atoms with E-state index in [-0.39, 0.29) is 11.9 Å². The van der Waals surface area contributed by atoms with Crippen molar-refractivity contribution < 1.29 is 4.39 Å². The zero-order chi connectivity index (χ0) is 13.8. The Bertz CT molecular complexity index is 557. The highest BCUT2D eigenvalue weighted by atomic mass is 79.9. The summed E-state index contributed by atoms with van der Waals surface area (Å²) in [6.45, 7) is 2.08. The molecule has 0 aromatic heterocycles. The Labute approximate surface area is 125 Å². The molecule has 0 aliphatic heterocycles. The standard InChI is InChI=1S/C15H14BrClFN/c1-10(9-11-5-7-12(18)8-6-11)19-14-4-2-3-13(17)15(14)16/h2-8,10,19H,9H2,1H3. The molecular weight excluding hydrogens is 329 g/mol. The summed E-state index contributed by atoms with van der Waals surface area (Å²) in [6.07, 6.45) is 0.819. The van der Waals surface area contributed by atoms with E-state index < -0.39 is 0 Å². The third-order valence-electron chi connectivity index (χ3n) is 2.81. The van der Waals surface area contributed by atoms with Crippen LogP contribution in [0.15, 0.2) is 46.9 Å². The number of halogens is 3. The first-order chi connectivity index (χ1) is 9.06. The minimum atomic E-state index is -0.207. The maximum Gasteiger partial charge on any atom is 0.123 e. The van der Waals surface area contributed by atoms with Crippen LogP contribution in [0.5, 0.6) is 0 Å². The van der Waals surface area contributed by atoms with Gasteiger partial charge in [0.05, 0.1) is 15.2 Å². The van der Waals surface area contributed by atoms with Gasteiger partial charge in [-0.3, -0.25) is 0 Å². The second-order valence-electron chi connectivity index (χ2n) is 4.48. The predicted molar refractivity (Wildman–Crippen MR) is 82.3 cm³/mol. The molecule has 0 amide bonds. The van der Waals surface area contributed by atoms with Crippen LogP contribution in [0.25, 0.3) is 0 Å². The summed E-state index contributed by atoms with van der Waals surface area (Å²) in [4.78, 5) is 0. The Balaban J connectivity index is 2.03. The highest BCUT2D eigenvalue weighted by Crippen LogP contribution is 2.30. The van der Waals surface area contributed by atoms with Gasteiger partial charge in [-0.25, -0.2) is 4.39 Å². The van der Waals surface area contributed by atoms with Crippen LogP contribution in [0.2, 0.25) is 5.02 Å². The lowest BCUT2D eigenvalue weighted by atomic mass is 10.1. The van der Waals surface area contributed by atoms with Gasteiger partial charge >= 0.3 is 0 Å². The Morgan fingerprint density at radius 3 is 2.58 bits per heavy atom. The second kappa shape index (κ2) is 6.40. The van der Waals surface area contributed by atoms with Crippen molar-refractivity contribution in [3.63, 3.8) is 0 Å². The van der Waals surface area contributed by atoms with Gasteiger partial charge in [0.2, 0.25) is 0 Å². The smallest absolute Gasteiger partial charge is 0.123 e. The van der Waals surface area contributed by atoms with E-state index >= 15 is 0 Å². The van der Waals surface area contributed by atoms with E-state index in [9.17, 15) is 4.39 Å². The molecule has 1 unspecified atom stereocenters. The summed E-state index contributed by atoms with van der Waals surface area (Å²) in [6, 6.07) is 12.5. The van der Waals surface area contributed by atoms with E-state index in [1.807, 2.05) is 18.2 Å². The fourth-order valence-electron chi connectivity index (χ4n) is 1.91. The van der Waals surface area contributed by atoms with Crippen LogP contribution < -0.4 is 5.32 Å². The molecule has 0 spiro atoms. The zero-order valence-electron chi connectivity index (χ0n) is 10.5. The molecule has 2 aromatic carbocycles. The number of rotatable bonds is 4. The minimum absolute atomic E-state index is 0.207. The molecule has 1 nitrogen and oxygen atoms in total. The Morgan fingerprint density at radius 1 is 1.21 bits per heavy atom. The summed E-state index contributed by atoms with van der Waals surface area (Å²) in [5, 5.41) is 4.07. The predicted octanol–water partition coefficient (Wildman–Crippen LogP) is 5.28. The molecule has 1 N–H and O–H groups in total. The lowest BCUT2D eigenvalue weighted by Gasteiger charge is -2.17. The van der Waals surface area contributed by atoms with E-state index in [1.54, 1.807) is 12.1 Å². The summed E-state index contributed by atoms with van der Waals surface area (Å²) in [5.41, 5.74) is 2.06. The quantitative estimate of drug-likeness (QED) is 0.796. The molecule has 2 aromatic rings. The lowest BCUT2D eigenvalue weighted by Crippen LogP contribution is -2.18. The molecule has 0 heterocycles. The van der Waals surface area contributed by atoms with E-state index in [1.165, 1.54) is 12.1 Å². The van der Waals surface area contributed by atoms with Crippen molar-refractivity contribution in [1.82, 2.24) is 0 Å². The highest BCUT2D eigenvalue weighted by Gasteiger charge is 2.08. The maximum atomic E-state index is 12.8. The molecule has 4 heteroatoms. The molecule has 2 rings (SSSR count). The molecular formula is C15H14BrClFN. The van der Waals surface area contributed by atoms with Crippen LogP contribution in [0, 0.1) is 5.82 Å². The van der Waals surface area contributed by atoms with E-state index in [4.69, 9.17) is 11.6 Å². The molecule has 1 atom stereocenters. The normalized spacial score (nSPS) is 12.2. The number of nitrogens with one attached hydrogen (secondary N) is 1. The summed E-state index contributed by atoms with van der Waals surface area (Å²) in [7, 11) is 0. The van der Waals surface area contributed by atoms with Crippen LogP contribution in [0.4, 0.5) is 10.1 Å². The Morgan fingerprint density at radius 2 is 1.89 bits per heavy atom. The van der Waals surface area contributed by atoms with E-state index in [0.717, 1.165) is 22.1 Å². The Kier molecular flexibility index (Phi) is 4.83. The number of benzene rings is 2. The molecule has 0 saturated heterocycles. The maximum absolute atomic E-state index is 12.8. The van der Waals surface area contributed by atoms with Crippen LogP contribution in [-0.4, -0.2) is 6.04 Å². The molecule has 19 heavy (non-hydrogen) atoms. The van der Waals surface area contributed by atoms with Crippen molar-refractivity contribution in [2.75, 3.05) is 5.32 Å². The summed E-state index contributed by atoms with van der Waals surface area (Å²) in [5.74, 6) is -0.207. The lowest BCUT2D eigenvalue weighted by molar-refractivity contribution is 0.626. The fourth-order valence-corrected chi connectivity index (χ4v) is 2.46. The minimum Gasteiger partial charge on any atom is -0.381 e. The molecule has 0 saturated carbocycles. The van der Waals surface area contributed by atoms with Crippen molar-refractivity contribution >= 4 is 33.2 Å². The topological polar surface area (TPSA) is 12.0 Å². The van der Waals surface area contributed by atoms with Crippen LogP contribution in [-0.2, 0) is 6.42 Å². The largest absolute Gasteiger partial charge is 0.381 e. The van der Waals surface area contributed by atoms with Crippen molar-refractivity contribution in [1.29, 1.82) is 0 Å². The summed E-state index contributed by atoms with van der Waals surface area (Å²) >= 11 is 9.51. The van der Waals surface area contributed by atoms with E-state index in [2.05, 4.69) is 28.2 Å². The number of hydrogen-bond acceptors (Lipinski definition) is 1. The van der Waals surface area contributed by atoms with Gasteiger partial charge < -0.3 is 5.32 Å². The molecule has 100 valence electrons. The monoisotopic (exact) mass is 341 g/mol. The average molecular weight is 343 g/mol. The molecule has 0 fully saturated rings. The van der Waals surface area contributed by atoms with Crippen LogP contribution >= 0.6 is 27.5 Å². The second-order valence-corrected chi connectivity index (χ2v) is 5.68. The first kappa shape index (κ1) is 14.4. The van der Waals surface area contributed by atoms with Gasteiger partial charge in [0.25, 0.3) is 0 Å². The van der Waals surface area contributed by atoms with Gasteiger partial charge in [0, 0.05) is 6.04 Å². The molecule has 0 bridgehead atoms. The van der Waals surface area contributed by atoms with Gasteiger partial charge in [0.15, 0.2) is 0 Å². The van der Waals surface area contributed by atoms with Gasteiger partial charge in [-0.05, 0) is 59.1 Å².